The van der Waals surface area contributed by atoms with Crippen molar-refractivity contribution in [2.75, 3.05) is 24.5 Å². The number of nitro groups is 1. The molecule has 1 spiro atoms. The second kappa shape index (κ2) is 6.01. The van der Waals surface area contributed by atoms with E-state index in [0.717, 1.165) is 11.3 Å². The number of carboxylic acid groups (broad SMARTS) is 1. The number of hydrogen-bond donors (Lipinski definition) is 1. The van der Waals surface area contributed by atoms with Gasteiger partial charge in [-0.25, -0.2) is 4.79 Å². The second-order valence-electron chi connectivity index (χ2n) is 6.90. The maximum Gasteiger partial charge on any atom is 0.407 e. The van der Waals surface area contributed by atoms with Crippen LogP contribution in [0, 0.1) is 10.1 Å². The van der Waals surface area contributed by atoms with Gasteiger partial charge in [0.25, 0.3) is 5.69 Å². The summed E-state index contributed by atoms with van der Waals surface area (Å²) in [5.41, 5.74) is 2.63. The molecule has 0 atom stereocenters. The zero-order valence-corrected chi connectivity index (χ0v) is 14.2. The number of fused-ring (bicyclic) bond motifs is 2. The van der Waals surface area contributed by atoms with E-state index in [1.165, 1.54) is 11.0 Å². The van der Waals surface area contributed by atoms with Crippen LogP contribution in [-0.4, -0.2) is 40.7 Å². The van der Waals surface area contributed by atoms with E-state index >= 15 is 0 Å². The summed E-state index contributed by atoms with van der Waals surface area (Å²) in [6, 6.07) is 14.8. The van der Waals surface area contributed by atoms with Gasteiger partial charge in [0.05, 0.1) is 4.92 Å². The van der Waals surface area contributed by atoms with Crippen LogP contribution < -0.4 is 4.90 Å². The zero-order chi connectivity index (χ0) is 18.3. The molecular formula is C19H19N3O4. The summed E-state index contributed by atoms with van der Waals surface area (Å²) in [5, 5.41) is 20.7. The Labute approximate surface area is 150 Å². The van der Waals surface area contributed by atoms with Crippen LogP contribution in [0.25, 0.3) is 0 Å². The number of anilines is 2. The van der Waals surface area contributed by atoms with Crippen molar-refractivity contribution in [2.45, 2.75) is 18.3 Å². The molecule has 0 bridgehead atoms. The monoisotopic (exact) mass is 353 g/mol. The number of nitro benzene ring substituents is 1. The Morgan fingerprint density at radius 3 is 2.31 bits per heavy atom. The van der Waals surface area contributed by atoms with Crippen molar-refractivity contribution in [1.29, 1.82) is 0 Å². The summed E-state index contributed by atoms with van der Waals surface area (Å²) >= 11 is 0. The van der Waals surface area contributed by atoms with Gasteiger partial charge in [-0.2, -0.15) is 0 Å². The molecule has 1 fully saturated rings. The number of nitrogens with zero attached hydrogens (tertiary/aromatic N) is 3. The molecule has 134 valence electrons. The lowest BCUT2D eigenvalue weighted by Gasteiger charge is -2.38. The fourth-order valence-corrected chi connectivity index (χ4v) is 4.25. The molecule has 0 unspecified atom stereocenters. The minimum Gasteiger partial charge on any atom is -0.465 e. The van der Waals surface area contributed by atoms with Gasteiger partial charge in [0.15, 0.2) is 0 Å². The maximum absolute atomic E-state index is 11.5. The molecule has 2 aromatic carbocycles. The molecule has 2 aliphatic rings. The molecule has 0 aromatic heterocycles. The van der Waals surface area contributed by atoms with Crippen molar-refractivity contribution >= 4 is 23.2 Å². The predicted octanol–water partition coefficient (Wildman–Crippen LogP) is 3.76. The molecule has 2 heterocycles. The number of carbonyl (C=O) groups is 1. The summed E-state index contributed by atoms with van der Waals surface area (Å²) in [6.45, 7) is 1.59. The lowest BCUT2D eigenvalue weighted by Crippen LogP contribution is -2.46. The summed E-state index contributed by atoms with van der Waals surface area (Å²) in [6.07, 6.45) is 0.544. The number of amides is 1. The minimum absolute atomic E-state index is 0.0855. The standard InChI is InChI=1S/C19H19N3O4/c23-18(24)20-11-9-19(10-12-20)13-21(15-6-2-1-5-14(15)19)16-7-3-4-8-17(16)22(25)26/h1-8H,9-13H2,(H,23,24). The second-order valence-corrected chi connectivity index (χ2v) is 6.90. The molecule has 1 amide bonds. The van der Waals surface area contributed by atoms with Gasteiger partial charge in [0, 0.05) is 36.8 Å². The Balaban J connectivity index is 1.75. The Morgan fingerprint density at radius 2 is 1.65 bits per heavy atom. The third-order valence-corrected chi connectivity index (χ3v) is 5.59. The van der Waals surface area contributed by atoms with E-state index in [9.17, 15) is 20.0 Å². The number of likely N-dealkylation sites (tertiary alicyclic amines) is 1. The van der Waals surface area contributed by atoms with Crippen LogP contribution >= 0.6 is 0 Å². The molecule has 2 aliphatic heterocycles. The number of benzene rings is 2. The molecule has 1 saturated heterocycles. The maximum atomic E-state index is 11.5. The van der Waals surface area contributed by atoms with Crippen molar-refractivity contribution in [1.82, 2.24) is 4.90 Å². The third-order valence-electron chi connectivity index (χ3n) is 5.59. The largest absolute Gasteiger partial charge is 0.465 e. The van der Waals surface area contributed by atoms with Crippen LogP contribution in [0.15, 0.2) is 48.5 Å². The van der Waals surface area contributed by atoms with Crippen molar-refractivity contribution in [3.05, 3.63) is 64.2 Å². The Morgan fingerprint density at radius 1 is 1.04 bits per heavy atom. The highest BCUT2D eigenvalue weighted by Gasteiger charge is 2.46. The van der Waals surface area contributed by atoms with Crippen LogP contribution in [0.2, 0.25) is 0 Å². The van der Waals surface area contributed by atoms with E-state index in [0.29, 0.717) is 38.2 Å². The number of piperidine rings is 1. The average Bonchev–Trinajstić information content (AvgIpc) is 2.96. The van der Waals surface area contributed by atoms with Crippen LogP contribution in [0.5, 0.6) is 0 Å². The van der Waals surface area contributed by atoms with E-state index in [-0.39, 0.29) is 16.0 Å². The van der Waals surface area contributed by atoms with Crippen molar-refractivity contribution < 1.29 is 14.8 Å². The first-order valence-electron chi connectivity index (χ1n) is 8.60. The molecule has 1 N–H and O–H groups in total. The van der Waals surface area contributed by atoms with Gasteiger partial charge in [-0.15, -0.1) is 0 Å². The van der Waals surface area contributed by atoms with E-state index in [2.05, 4.69) is 6.07 Å². The summed E-state index contributed by atoms with van der Waals surface area (Å²) in [4.78, 5) is 25.8. The minimum atomic E-state index is -0.887. The van der Waals surface area contributed by atoms with E-state index in [1.54, 1.807) is 12.1 Å². The van der Waals surface area contributed by atoms with Crippen molar-refractivity contribution in [3.63, 3.8) is 0 Å². The van der Waals surface area contributed by atoms with Gasteiger partial charge < -0.3 is 14.9 Å². The van der Waals surface area contributed by atoms with E-state index < -0.39 is 6.09 Å². The van der Waals surface area contributed by atoms with Gasteiger partial charge in [-0.1, -0.05) is 30.3 Å². The molecule has 0 radical (unpaired) electrons. The summed E-state index contributed by atoms with van der Waals surface area (Å²) < 4.78 is 0. The first kappa shape index (κ1) is 16.4. The summed E-state index contributed by atoms with van der Waals surface area (Å²) in [7, 11) is 0. The quantitative estimate of drug-likeness (QED) is 0.656. The first-order chi connectivity index (χ1) is 12.5. The molecule has 0 aliphatic carbocycles. The highest BCUT2D eigenvalue weighted by atomic mass is 16.6. The third kappa shape index (κ3) is 2.47. The normalized spacial score (nSPS) is 18.0. The van der Waals surface area contributed by atoms with Crippen LogP contribution in [0.1, 0.15) is 18.4 Å². The molecule has 0 saturated carbocycles. The Hall–Kier alpha value is -3.09. The van der Waals surface area contributed by atoms with Gasteiger partial charge >= 0.3 is 6.09 Å². The van der Waals surface area contributed by atoms with Gasteiger partial charge in [0.2, 0.25) is 0 Å². The highest BCUT2D eigenvalue weighted by Crippen LogP contribution is 2.50. The molecule has 26 heavy (non-hydrogen) atoms. The van der Waals surface area contributed by atoms with Crippen molar-refractivity contribution in [3.8, 4) is 0 Å². The topological polar surface area (TPSA) is 86.9 Å². The molecule has 2 aromatic rings. The number of rotatable bonds is 2. The lowest BCUT2D eigenvalue weighted by atomic mass is 9.74. The molecular weight excluding hydrogens is 334 g/mol. The first-order valence-corrected chi connectivity index (χ1v) is 8.60. The SMILES string of the molecule is O=C(O)N1CCC2(CC1)CN(c1ccccc1[N+](=O)[O-])c1ccccc12. The molecule has 4 rings (SSSR count). The zero-order valence-electron chi connectivity index (χ0n) is 14.2. The Kier molecular flexibility index (Phi) is 3.79. The molecule has 7 heteroatoms. The summed E-state index contributed by atoms with van der Waals surface area (Å²) in [5.74, 6) is 0. The fraction of sp³-hybridized carbons (Fsp3) is 0.316. The fourth-order valence-electron chi connectivity index (χ4n) is 4.25. The Bertz CT molecular complexity index is 875. The van der Waals surface area contributed by atoms with Gasteiger partial charge in [-0.05, 0) is 30.5 Å². The lowest BCUT2D eigenvalue weighted by molar-refractivity contribution is -0.384. The number of para-hydroxylation sites is 3. The van der Waals surface area contributed by atoms with E-state index in [4.69, 9.17) is 0 Å². The van der Waals surface area contributed by atoms with Gasteiger partial charge in [-0.3, -0.25) is 10.1 Å². The predicted molar refractivity (Wildman–Crippen MR) is 97.1 cm³/mol. The van der Waals surface area contributed by atoms with Crippen molar-refractivity contribution in [2.24, 2.45) is 0 Å². The van der Waals surface area contributed by atoms with Gasteiger partial charge in [0.1, 0.15) is 5.69 Å². The van der Waals surface area contributed by atoms with Crippen LogP contribution in [-0.2, 0) is 5.41 Å². The van der Waals surface area contributed by atoms with Crippen LogP contribution in [0.3, 0.4) is 0 Å². The van der Waals surface area contributed by atoms with Crippen LogP contribution in [0.4, 0.5) is 21.9 Å². The highest BCUT2D eigenvalue weighted by molar-refractivity contribution is 5.78. The average molecular weight is 353 g/mol. The van der Waals surface area contributed by atoms with E-state index in [1.807, 2.05) is 29.2 Å². The number of hydrogen-bond acceptors (Lipinski definition) is 4. The smallest absolute Gasteiger partial charge is 0.407 e. The molecule has 7 nitrogen and oxygen atoms in total.